The molecule has 1 amide bonds. The van der Waals surface area contributed by atoms with Gasteiger partial charge in [-0.2, -0.15) is 0 Å². The molecular formula is C20H29N3O. The molecule has 0 unspecified atom stereocenters. The van der Waals surface area contributed by atoms with Crippen molar-refractivity contribution in [2.45, 2.75) is 58.4 Å². The SMILES string of the molecule is CC(C)(C)c1ccc(C(=O)NCCCCCCn2ccnc2)cc1. The zero-order valence-electron chi connectivity index (χ0n) is 15.1. The Balaban J connectivity index is 1.61. The molecule has 4 nitrogen and oxygen atoms in total. The Kier molecular flexibility index (Phi) is 6.59. The number of carbonyl (C=O) groups excluding carboxylic acids is 1. The van der Waals surface area contributed by atoms with Gasteiger partial charge in [-0.3, -0.25) is 4.79 Å². The molecule has 0 saturated carbocycles. The van der Waals surface area contributed by atoms with E-state index in [9.17, 15) is 4.79 Å². The highest BCUT2D eigenvalue weighted by atomic mass is 16.1. The van der Waals surface area contributed by atoms with Gasteiger partial charge in [0.2, 0.25) is 0 Å². The Morgan fingerprint density at radius 2 is 1.79 bits per heavy atom. The van der Waals surface area contributed by atoms with Crippen LogP contribution in [0, 0.1) is 0 Å². The monoisotopic (exact) mass is 327 g/mol. The normalized spacial score (nSPS) is 11.5. The Morgan fingerprint density at radius 3 is 2.42 bits per heavy atom. The van der Waals surface area contributed by atoms with Gasteiger partial charge >= 0.3 is 0 Å². The smallest absolute Gasteiger partial charge is 0.251 e. The number of benzene rings is 1. The quantitative estimate of drug-likeness (QED) is 0.740. The molecule has 0 aliphatic carbocycles. The van der Waals surface area contributed by atoms with Gasteiger partial charge in [0.25, 0.3) is 5.91 Å². The molecule has 0 saturated heterocycles. The number of carbonyl (C=O) groups is 1. The molecule has 4 heteroatoms. The van der Waals surface area contributed by atoms with Crippen LogP contribution in [0.4, 0.5) is 0 Å². The Morgan fingerprint density at radius 1 is 1.08 bits per heavy atom. The van der Waals surface area contributed by atoms with Crippen molar-refractivity contribution >= 4 is 5.91 Å². The van der Waals surface area contributed by atoms with Crippen LogP contribution < -0.4 is 5.32 Å². The van der Waals surface area contributed by atoms with Crippen LogP contribution in [0.3, 0.4) is 0 Å². The van der Waals surface area contributed by atoms with Crippen molar-refractivity contribution in [3.63, 3.8) is 0 Å². The number of amides is 1. The summed E-state index contributed by atoms with van der Waals surface area (Å²) in [5, 5.41) is 3.01. The first-order valence-electron chi connectivity index (χ1n) is 8.81. The molecule has 0 radical (unpaired) electrons. The molecule has 0 spiro atoms. The maximum Gasteiger partial charge on any atom is 0.251 e. The van der Waals surface area contributed by atoms with Crippen molar-refractivity contribution in [3.05, 3.63) is 54.1 Å². The molecule has 1 N–H and O–H groups in total. The first-order valence-corrected chi connectivity index (χ1v) is 8.81. The van der Waals surface area contributed by atoms with Gasteiger partial charge in [0, 0.05) is 31.0 Å². The minimum atomic E-state index is 0.0221. The lowest BCUT2D eigenvalue weighted by Crippen LogP contribution is -2.24. The molecule has 0 atom stereocenters. The highest BCUT2D eigenvalue weighted by Gasteiger charge is 2.14. The Bertz CT molecular complexity index is 609. The number of hydrogen-bond donors (Lipinski definition) is 1. The fraction of sp³-hybridized carbons (Fsp3) is 0.500. The van der Waals surface area contributed by atoms with E-state index in [1.54, 1.807) is 0 Å². The van der Waals surface area contributed by atoms with Crippen LogP contribution in [0.25, 0.3) is 0 Å². The minimum Gasteiger partial charge on any atom is -0.352 e. The lowest BCUT2D eigenvalue weighted by Gasteiger charge is -2.19. The van der Waals surface area contributed by atoms with E-state index in [1.807, 2.05) is 43.0 Å². The van der Waals surface area contributed by atoms with Crippen molar-refractivity contribution in [2.75, 3.05) is 6.54 Å². The molecule has 2 aromatic rings. The van der Waals surface area contributed by atoms with Crippen LogP contribution in [0.5, 0.6) is 0 Å². The number of nitrogens with zero attached hydrogens (tertiary/aromatic N) is 2. The van der Waals surface area contributed by atoms with Crippen molar-refractivity contribution in [3.8, 4) is 0 Å². The molecule has 1 aromatic carbocycles. The van der Waals surface area contributed by atoms with E-state index in [2.05, 4.69) is 35.6 Å². The highest BCUT2D eigenvalue weighted by Crippen LogP contribution is 2.22. The Labute approximate surface area is 145 Å². The lowest BCUT2D eigenvalue weighted by molar-refractivity contribution is 0.0953. The van der Waals surface area contributed by atoms with E-state index in [1.165, 1.54) is 12.0 Å². The topological polar surface area (TPSA) is 46.9 Å². The fourth-order valence-electron chi connectivity index (χ4n) is 2.62. The van der Waals surface area contributed by atoms with E-state index >= 15 is 0 Å². The second-order valence-corrected chi connectivity index (χ2v) is 7.30. The van der Waals surface area contributed by atoms with E-state index in [-0.39, 0.29) is 11.3 Å². The van der Waals surface area contributed by atoms with Crippen molar-refractivity contribution in [2.24, 2.45) is 0 Å². The summed E-state index contributed by atoms with van der Waals surface area (Å²) in [6.45, 7) is 8.29. The molecular weight excluding hydrogens is 298 g/mol. The van der Waals surface area contributed by atoms with E-state index in [0.29, 0.717) is 0 Å². The van der Waals surface area contributed by atoms with Gasteiger partial charge in [0.15, 0.2) is 0 Å². The molecule has 2 rings (SSSR count). The number of hydrogen-bond acceptors (Lipinski definition) is 2. The van der Waals surface area contributed by atoms with Gasteiger partial charge in [-0.1, -0.05) is 45.7 Å². The summed E-state index contributed by atoms with van der Waals surface area (Å²) in [5.74, 6) is 0.0221. The summed E-state index contributed by atoms with van der Waals surface area (Å²) in [5.41, 5.74) is 2.10. The standard InChI is InChI=1S/C20H29N3O/c1-20(2,3)18-10-8-17(9-11-18)19(24)22-12-6-4-5-7-14-23-15-13-21-16-23/h8-11,13,15-16H,4-7,12,14H2,1-3H3,(H,22,24). The summed E-state index contributed by atoms with van der Waals surface area (Å²) >= 11 is 0. The average molecular weight is 327 g/mol. The number of nitrogens with one attached hydrogen (secondary N) is 1. The number of imidazole rings is 1. The third-order valence-corrected chi connectivity index (χ3v) is 4.20. The molecule has 1 heterocycles. The van der Waals surface area contributed by atoms with Crippen LogP contribution in [0.15, 0.2) is 43.0 Å². The maximum atomic E-state index is 12.1. The largest absolute Gasteiger partial charge is 0.352 e. The third-order valence-electron chi connectivity index (χ3n) is 4.20. The van der Waals surface area contributed by atoms with Crippen LogP contribution in [-0.2, 0) is 12.0 Å². The molecule has 0 aliphatic heterocycles. The lowest BCUT2D eigenvalue weighted by atomic mass is 9.87. The second kappa shape index (κ2) is 8.67. The van der Waals surface area contributed by atoms with Crippen molar-refractivity contribution in [1.82, 2.24) is 14.9 Å². The molecule has 0 fully saturated rings. The molecule has 0 aliphatic rings. The van der Waals surface area contributed by atoms with Crippen LogP contribution in [-0.4, -0.2) is 22.0 Å². The summed E-state index contributed by atoms with van der Waals surface area (Å²) in [6.07, 6.45) is 10.1. The van der Waals surface area contributed by atoms with Gasteiger partial charge in [0.05, 0.1) is 6.33 Å². The van der Waals surface area contributed by atoms with Crippen LogP contribution in [0.2, 0.25) is 0 Å². The number of aromatic nitrogens is 2. The number of unbranched alkanes of at least 4 members (excludes halogenated alkanes) is 3. The highest BCUT2D eigenvalue weighted by molar-refractivity contribution is 5.94. The number of rotatable bonds is 8. The van der Waals surface area contributed by atoms with Crippen LogP contribution in [0.1, 0.15) is 62.4 Å². The predicted octanol–water partition coefficient (Wildman–Crippen LogP) is 4.17. The summed E-state index contributed by atoms with van der Waals surface area (Å²) < 4.78 is 2.10. The minimum absolute atomic E-state index is 0.0221. The molecule has 130 valence electrons. The molecule has 0 bridgehead atoms. The van der Waals surface area contributed by atoms with Gasteiger partial charge in [-0.25, -0.2) is 4.98 Å². The fourth-order valence-corrected chi connectivity index (χ4v) is 2.62. The van der Waals surface area contributed by atoms with Gasteiger partial charge < -0.3 is 9.88 Å². The molecule has 1 aromatic heterocycles. The van der Waals surface area contributed by atoms with Gasteiger partial charge in [0.1, 0.15) is 0 Å². The van der Waals surface area contributed by atoms with Crippen LogP contribution >= 0.6 is 0 Å². The van der Waals surface area contributed by atoms with E-state index < -0.39 is 0 Å². The van der Waals surface area contributed by atoms with Gasteiger partial charge in [-0.15, -0.1) is 0 Å². The Hall–Kier alpha value is -2.10. The second-order valence-electron chi connectivity index (χ2n) is 7.30. The number of aryl methyl sites for hydroxylation is 1. The predicted molar refractivity (Wildman–Crippen MR) is 98.2 cm³/mol. The van der Waals surface area contributed by atoms with E-state index in [0.717, 1.165) is 37.9 Å². The van der Waals surface area contributed by atoms with Gasteiger partial charge in [-0.05, 0) is 36.0 Å². The van der Waals surface area contributed by atoms with Crippen molar-refractivity contribution < 1.29 is 4.79 Å². The first-order chi connectivity index (χ1) is 11.5. The summed E-state index contributed by atoms with van der Waals surface area (Å²) in [6, 6.07) is 7.93. The summed E-state index contributed by atoms with van der Waals surface area (Å²) in [7, 11) is 0. The summed E-state index contributed by atoms with van der Waals surface area (Å²) in [4.78, 5) is 16.2. The average Bonchev–Trinajstić information content (AvgIpc) is 3.06. The zero-order chi connectivity index (χ0) is 17.4. The van der Waals surface area contributed by atoms with E-state index in [4.69, 9.17) is 0 Å². The van der Waals surface area contributed by atoms with Crippen molar-refractivity contribution in [1.29, 1.82) is 0 Å². The zero-order valence-corrected chi connectivity index (χ0v) is 15.1. The molecule has 24 heavy (non-hydrogen) atoms. The third kappa shape index (κ3) is 5.84. The maximum absolute atomic E-state index is 12.1. The first kappa shape index (κ1) is 18.2.